The van der Waals surface area contributed by atoms with Gasteiger partial charge in [-0.2, -0.15) is 0 Å². The van der Waals surface area contributed by atoms with Gasteiger partial charge in [-0.3, -0.25) is 0 Å². The largest absolute Gasteiger partial charge is 0.468 e. The number of hydrogen-bond acceptors (Lipinski definition) is 2. The van der Waals surface area contributed by atoms with Crippen LogP contribution in [-0.2, 0) is 0 Å². The van der Waals surface area contributed by atoms with Gasteiger partial charge in [-0.05, 0) is 31.9 Å². The predicted octanol–water partition coefficient (Wildman–Crippen LogP) is 3.36. The minimum Gasteiger partial charge on any atom is -0.468 e. The van der Waals surface area contributed by atoms with E-state index in [2.05, 4.69) is 33.0 Å². The van der Waals surface area contributed by atoms with Crippen molar-refractivity contribution in [3.05, 3.63) is 24.2 Å². The van der Waals surface area contributed by atoms with Crippen LogP contribution in [-0.4, -0.2) is 6.04 Å². The molecule has 1 aromatic rings. The SMILES string of the molecule is CCC(C)C(C)N[C@@H](C)c1ccco1. The maximum absolute atomic E-state index is 5.35. The van der Waals surface area contributed by atoms with Gasteiger partial charge in [0.15, 0.2) is 0 Å². The first-order valence-electron chi connectivity index (χ1n) is 5.44. The molecule has 14 heavy (non-hydrogen) atoms. The Labute approximate surface area is 86.7 Å². The second-order valence-corrected chi connectivity index (χ2v) is 4.08. The van der Waals surface area contributed by atoms with Crippen LogP contribution in [0.5, 0.6) is 0 Å². The molecule has 0 saturated heterocycles. The van der Waals surface area contributed by atoms with Crippen molar-refractivity contribution in [2.45, 2.75) is 46.2 Å². The summed E-state index contributed by atoms with van der Waals surface area (Å²) in [5.41, 5.74) is 0. The van der Waals surface area contributed by atoms with Crippen LogP contribution in [0.4, 0.5) is 0 Å². The molecule has 80 valence electrons. The highest BCUT2D eigenvalue weighted by Crippen LogP contribution is 2.16. The molecule has 0 aliphatic heterocycles. The average Bonchev–Trinajstić information content (AvgIpc) is 2.69. The molecule has 1 heterocycles. The molecule has 0 saturated carbocycles. The van der Waals surface area contributed by atoms with Crippen molar-refractivity contribution in [3.63, 3.8) is 0 Å². The first kappa shape index (κ1) is 11.3. The minimum absolute atomic E-state index is 0.300. The third-order valence-corrected chi connectivity index (χ3v) is 2.98. The smallest absolute Gasteiger partial charge is 0.120 e. The van der Waals surface area contributed by atoms with Crippen LogP contribution < -0.4 is 5.32 Å². The molecule has 2 nitrogen and oxygen atoms in total. The summed E-state index contributed by atoms with van der Waals surface area (Å²) in [4.78, 5) is 0. The lowest BCUT2D eigenvalue weighted by Gasteiger charge is -2.23. The Morgan fingerprint density at radius 3 is 2.57 bits per heavy atom. The van der Waals surface area contributed by atoms with Crippen molar-refractivity contribution >= 4 is 0 Å². The van der Waals surface area contributed by atoms with Gasteiger partial charge in [-0.1, -0.05) is 20.3 Å². The molecule has 0 bridgehead atoms. The molecule has 0 spiro atoms. The zero-order valence-corrected chi connectivity index (χ0v) is 9.58. The van der Waals surface area contributed by atoms with Crippen molar-refractivity contribution in [2.75, 3.05) is 0 Å². The molecule has 0 amide bonds. The van der Waals surface area contributed by atoms with Crippen molar-refractivity contribution in [2.24, 2.45) is 5.92 Å². The van der Waals surface area contributed by atoms with Crippen LogP contribution in [0, 0.1) is 5.92 Å². The van der Waals surface area contributed by atoms with Crippen LogP contribution in [0.2, 0.25) is 0 Å². The van der Waals surface area contributed by atoms with E-state index in [1.54, 1.807) is 6.26 Å². The van der Waals surface area contributed by atoms with E-state index in [4.69, 9.17) is 4.42 Å². The summed E-state index contributed by atoms with van der Waals surface area (Å²) in [6.07, 6.45) is 2.93. The number of furan rings is 1. The first-order valence-corrected chi connectivity index (χ1v) is 5.44. The summed E-state index contributed by atoms with van der Waals surface area (Å²) >= 11 is 0. The van der Waals surface area contributed by atoms with Crippen molar-refractivity contribution in [1.29, 1.82) is 0 Å². The topological polar surface area (TPSA) is 25.2 Å². The zero-order chi connectivity index (χ0) is 10.6. The maximum Gasteiger partial charge on any atom is 0.120 e. The van der Waals surface area contributed by atoms with Crippen LogP contribution in [0.15, 0.2) is 22.8 Å². The summed E-state index contributed by atoms with van der Waals surface area (Å²) < 4.78 is 5.35. The first-order chi connectivity index (χ1) is 6.65. The molecular weight excluding hydrogens is 174 g/mol. The second kappa shape index (κ2) is 5.20. The monoisotopic (exact) mass is 195 g/mol. The van der Waals surface area contributed by atoms with Gasteiger partial charge in [0.1, 0.15) is 5.76 Å². The summed E-state index contributed by atoms with van der Waals surface area (Å²) in [5.74, 6) is 1.72. The molecule has 1 rings (SSSR count). The molecule has 0 aliphatic rings. The Hall–Kier alpha value is -0.760. The fourth-order valence-electron chi connectivity index (χ4n) is 1.53. The average molecular weight is 195 g/mol. The predicted molar refractivity (Wildman–Crippen MR) is 59.2 cm³/mol. The van der Waals surface area contributed by atoms with Crippen LogP contribution in [0.25, 0.3) is 0 Å². The van der Waals surface area contributed by atoms with Gasteiger partial charge in [0.05, 0.1) is 12.3 Å². The van der Waals surface area contributed by atoms with Crippen molar-refractivity contribution in [3.8, 4) is 0 Å². The number of hydrogen-bond donors (Lipinski definition) is 1. The standard InChI is InChI=1S/C12H21NO/c1-5-9(2)10(3)13-11(4)12-7-6-8-14-12/h6-11,13H,5H2,1-4H3/t9?,10?,11-/m0/s1. The fourth-order valence-corrected chi connectivity index (χ4v) is 1.53. The molecule has 0 fully saturated rings. The molecule has 0 aliphatic carbocycles. The van der Waals surface area contributed by atoms with Gasteiger partial charge in [-0.15, -0.1) is 0 Å². The zero-order valence-electron chi connectivity index (χ0n) is 9.58. The van der Waals surface area contributed by atoms with Crippen molar-refractivity contribution in [1.82, 2.24) is 5.32 Å². The van der Waals surface area contributed by atoms with Crippen LogP contribution in [0.1, 0.15) is 45.9 Å². The number of rotatable bonds is 5. The Morgan fingerprint density at radius 2 is 2.07 bits per heavy atom. The van der Waals surface area contributed by atoms with Gasteiger partial charge in [-0.25, -0.2) is 0 Å². The summed E-state index contributed by atoms with van der Waals surface area (Å²) in [6.45, 7) is 8.86. The summed E-state index contributed by atoms with van der Waals surface area (Å²) in [6, 6.07) is 4.77. The summed E-state index contributed by atoms with van der Waals surface area (Å²) in [7, 11) is 0. The Morgan fingerprint density at radius 1 is 1.36 bits per heavy atom. The van der Waals surface area contributed by atoms with E-state index in [0.717, 1.165) is 5.76 Å². The Balaban J connectivity index is 2.44. The van der Waals surface area contributed by atoms with Gasteiger partial charge >= 0.3 is 0 Å². The van der Waals surface area contributed by atoms with E-state index in [1.165, 1.54) is 6.42 Å². The Bertz CT molecular complexity index is 243. The molecule has 2 unspecified atom stereocenters. The third kappa shape index (κ3) is 2.88. The highest BCUT2D eigenvalue weighted by molar-refractivity contribution is 5.03. The minimum atomic E-state index is 0.300. The van der Waals surface area contributed by atoms with E-state index in [9.17, 15) is 0 Å². The lowest BCUT2D eigenvalue weighted by Crippen LogP contribution is -2.33. The van der Waals surface area contributed by atoms with Crippen LogP contribution >= 0.6 is 0 Å². The molecule has 3 atom stereocenters. The maximum atomic E-state index is 5.35. The van der Waals surface area contributed by atoms with E-state index < -0.39 is 0 Å². The van der Waals surface area contributed by atoms with Crippen molar-refractivity contribution < 1.29 is 4.42 Å². The normalized spacial score (nSPS) is 17.7. The highest BCUT2D eigenvalue weighted by atomic mass is 16.3. The molecular formula is C12H21NO. The molecule has 2 heteroatoms. The van der Waals surface area contributed by atoms with Gasteiger partial charge in [0, 0.05) is 6.04 Å². The molecule has 1 N–H and O–H groups in total. The summed E-state index contributed by atoms with van der Waals surface area (Å²) in [5, 5.41) is 3.54. The lowest BCUT2D eigenvalue weighted by molar-refractivity contribution is 0.332. The highest BCUT2D eigenvalue weighted by Gasteiger charge is 2.15. The quantitative estimate of drug-likeness (QED) is 0.779. The van der Waals surface area contributed by atoms with Gasteiger partial charge in [0.25, 0.3) is 0 Å². The molecule has 0 aromatic carbocycles. The third-order valence-electron chi connectivity index (χ3n) is 2.98. The second-order valence-electron chi connectivity index (χ2n) is 4.08. The van der Waals surface area contributed by atoms with E-state index in [1.807, 2.05) is 12.1 Å². The van der Waals surface area contributed by atoms with Gasteiger partial charge < -0.3 is 9.73 Å². The van der Waals surface area contributed by atoms with E-state index in [0.29, 0.717) is 18.0 Å². The van der Waals surface area contributed by atoms with Gasteiger partial charge in [0.2, 0.25) is 0 Å². The van der Waals surface area contributed by atoms with E-state index in [-0.39, 0.29) is 0 Å². The fraction of sp³-hybridized carbons (Fsp3) is 0.667. The molecule has 0 radical (unpaired) electrons. The van der Waals surface area contributed by atoms with E-state index >= 15 is 0 Å². The lowest BCUT2D eigenvalue weighted by atomic mass is 10.00. The Kier molecular flexibility index (Phi) is 4.21. The van der Waals surface area contributed by atoms with Crippen LogP contribution in [0.3, 0.4) is 0 Å². The molecule has 1 aromatic heterocycles. The number of nitrogens with one attached hydrogen (secondary N) is 1.